The molecule has 5 atom stereocenters. The molecule has 1 fully saturated rings. The third-order valence-corrected chi connectivity index (χ3v) is 2.66. The Morgan fingerprint density at radius 3 is 2.00 bits per heavy atom. The topological polar surface area (TPSA) is 90.2 Å². The number of ether oxygens (including phenoxy) is 1. The van der Waals surface area contributed by atoms with Gasteiger partial charge >= 0.3 is 76.2 Å². The van der Waals surface area contributed by atoms with E-state index in [4.69, 9.17) is 20.4 Å². The van der Waals surface area contributed by atoms with E-state index in [9.17, 15) is 0 Å². The van der Waals surface area contributed by atoms with E-state index in [0.29, 0.717) is 0 Å². The van der Waals surface area contributed by atoms with E-state index in [1.54, 1.807) is 0 Å². The first-order valence-electron chi connectivity index (χ1n) is 3.07. The second-order valence-electron chi connectivity index (χ2n) is 2.37. The van der Waals surface area contributed by atoms with E-state index < -0.39 is 28.8 Å². The third kappa shape index (κ3) is 1.84. The number of aliphatic hydroxyl groups excluding tert-OH is 4. The third-order valence-electron chi connectivity index (χ3n) is 1.54. The van der Waals surface area contributed by atoms with Gasteiger partial charge in [0.2, 0.25) is 0 Å². The molecule has 0 aromatic carbocycles. The molecule has 0 saturated carbocycles. The minimum absolute atomic E-state index is 0.654. The average molecular weight is 277 g/mol. The van der Waals surface area contributed by atoms with Gasteiger partial charge in [-0.15, -0.1) is 0 Å². The second kappa shape index (κ2) is 3.54. The minimum atomic E-state index is -1.43. The number of rotatable bonds is 0. The van der Waals surface area contributed by atoms with Gasteiger partial charge in [-0.25, -0.2) is 0 Å². The Bertz CT molecular complexity index is 129. The average Bonchev–Trinajstić information content (AvgIpc) is 1.97. The van der Waals surface area contributed by atoms with Gasteiger partial charge in [0.25, 0.3) is 0 Å². The van der Waals surface area contributed by atoms with Gasteiger partial charge in [0.15, 0.2) is 0 Å². The fourth-order valence-electron chi connectivity index (χ4n) is 0.830. The van der Waals surface area contributed by atoms with Gasteiger partial charge in [-0.1, -0.05) is 0 Å². The molecule has 11 heavy (non-hydrogen) atoms. The van der Waals surface area contributed by atoms with E-state index in [1.165, 1.54) is 22.3 Å². The molecule has 1 saturated heterocycles. The molecule has 4 N–H and O–H groups in total. The van der Waals surface area contributed by atoms with Crippen molar-refractivity contribution in [1.82, 2.24) is 0 Å². The van der Waals surface area contributed by atoms with Crippen molar-refractivity contribution in [3.63, 3.8) is 0 Å². The summed E-state index contributed by atoms with van der Waals surface area (Å²) >= 11 is 1.43. The van der Waals surface area contributed by atoms with Gasteiger partial charge in [-0.2, -0.15) is 0 Å². The summed E-state index contributed by atoms with van der Waals surface area (Å²) in [6.45, 7) is 0. The molecule has 1 aliphatic heterocycles. The summed E-state index contributed by atoms with van der Waals surface area (Å²) < 4.78 is 4.03. The Kier molecular flexibility index (Phi) is 3.11. The van der Waals surface area contributed by atoms with Gasteiger partial charge in [0.05, 0.1) is 0 Å². The Labute approximate surface area is 76.5 Å². The van der Waals surface area contributed by atoms with Crippen molar-refractivity contribution in [3.8, 4) is 0 Å². The first-order chi connectivity index (χ1) is 5.04. The molecule has 0 bridgehead atoms. The molecule has 6 heteroatoms. The summed E-state index contributed by atoms with van der Waals surface area (Å²) in [6, 6.07) is 0. The monoisotopic (exact) mass is 279 g/mol. The molecule has 0 aromatic heterocycles. The molecule has 1 heterocycles. The molecule has 1 rings (SSSR count). The SMILES string of the molecule is OC1OC([Te])C(O)C(O)C1O. The van der Waals surface area contributed by atoms with E-state index in [0.717, 1.165) is 0 Å². The number of hydrogen-bond acceptors (Lipinski definition) is 5. The molecular weight excluding hydrogens is 268 g/mol. The summed E-state index contributed by atoms with van der Waals surface area (Å²) in [5, 5.41) is 36.0. The summed E-state index contributed by atoms with van der Waals surface area (Å²) in [5.74, 6) is 0. The molecule has 65 valence electrons. The van der Waals surface area contributed by atoms with Gasteiger partial charge in [0, 0.05) is 0 Å². The van der Waals surface area contributed by atoms with Gasteiger partial charge in [0.1, 0.15) is 0 Å². The molecular formula is C5H9O5Te. The number of hydrogen-bond donors (Lipinski definition) is 4. The number of aliphatic hydroxyl groups is 4. The van der Waals surface area contributed by atoms with Crippen LogP contribution in [0.5, 0.6) is 0 Å². The molecule has 0 amide bonds. The van der Waals surface area contributed by atoms with Gasteiger partial charge in [-0.3, -0.25) is 0 Å². The van der Waals surface area contributed by atoms with Crippen LogP contribution in [-0.2, 0) is 4.74 Å². The summed E-state index contributed by atoms with van der Waals surface area (Å²) in [5.41, 5.74) is 0. The Hall–Kier alpha value is 0.590. The van der Waals surface area contributed by atoms with Crippen molar-refractivity contribution in [2.45, 2.75) is 28.8 Å². The molecule has 0 spiro atoms. The zero-order chi connectivity index (χ0) is 8.59. The zero-order valence-corrected chi connectivity index (χ0v) is 7.82. The first-order valence-corrected chi connectivity index (χ1v) is 4.42. The van der Waals surface area contributed by atoms with Crippen LogP contribution in [0, 0.1) is 0 Å². The summed E-state index contributed by atoms with van der Waals surface area (Å²) in [6.07, 6.45) is -5.32. The van der Waals surface area contributed by atoms with E-state index in [2.05, 4.69) is 4.74 Å². The van der Waals surface area contributed by atoms with E-state index in [-0.39, 0.29) is 0 Å². The van der Waals surface area contributed by atoms with Crippen LogP contribution in [0.4, 0.5) is 0 Å². The molecule has 1 radical (unpaired) electrons. The normalized spacial score (nSPS) is 52.6. The molecule has 0 aromatic rings. The van der Waals surface area contributed by atoms with Crippen molar-refractivity contribution in [2.75, 3.05) is 0 Å². The van der Waals surface area contributed by atoms with Crippen LogP contribution < -0.4 is 0 Å². The summed E-state index contributed by atoms with van der Waals surface area (Å²) in [4.78, 5) is 0. The van der Waals surface area contributed by atoms with Crippen molar-refractivity contribution >= 4 is 22.3 Å². The predicted octanol–water partition coefficient (Wildman–Crippen LogP) is -3.09. The predicted molar refractivity (Wildman–Crippen MR) is 34.7 cm³/mol. The molecule has 1 aliphatic rings. The van der Waals surface area contributed by atoms with Crippen LogP contribution in [-0.4, -0.2) is 71.5 Å². The summed E-state index contributed by atoms with van der Waals surface area (Å²) in [7, 11) is 0. The molecule has 5 nitrogen and oxygen atoms in total. The standard InChI is InChI=1S/C5H9O5Te/c6-1-2(7)4(9)10-5(11)3(1)8/h1-9H. The van der Waals surface area contributed by atoms with Crippen LogP contribution >= 0.6 is 0 Å². The van der Waals surface area contributed by atoms with Crippen LogP contribution in [0.3, 0.4) is 0 Å². The maximum absolute atomic E-state index is 9.09. The zero-order valence-electron chi connectivity index (χ0n) is 5.49. The van der Waals surface area contributed by atoms with Crippen molar-refractivity contribution < 1.29 is 25.2 Å². The van der Waals surface area contributed by atoms with E-state index >= 15 is 0 Å². The molecule has 0 aliphatic carbocycles. The maximum atomic E-state index is 9.09. The Balaban J connectivity index is 2.63. The fraction of sp³-hybridized carbons (Fsp3) is 1.00. The Morgan fingerprint density at radius 2 is 1.45 bits per heavy atom. The first kappa shape index (κ1) is 9.68. The second-order valence-corrected chi connectivity index (χ2v) is 3.69. The van der Waals surface area contributed by atoms with Crippen molar-refractivity contribution in [3.05, 3.63) is 0 Å². The van der Waals surface area contributed by atoms with Crippen LogP contribution in [0.1, 0.15) is 0 Å². The van der Waals surface area contributed by atoms with Crippen molar-refractivity contribution in [2.24, 2.45) is 0 Å². The van der Waals surface area contributed by atoms with Crippen LogP contribution in [0.2, 0.25) is 0 Å². The van der Waals surface area contributed by atoms with Crippen LogP contribution in [0.15, 0.2) is 0 Å². The van der Waals surface area contributed by atoms with E-state index in [1.807, 2.05) is 0 Å². The Morgan fingerprint density at radius 1 is 0.909 bits per heavy atom. The quantitative estimate of drug-likeness (QED) is 0.352. The molecule has 5 unspecified atom stereocenters. The van der Waals surface area contributed by atoms with Gasteiger partial charge in [-0.05, 0) is 0 Å². The van der Waals surface area contributed by atoms with Gasteiger partial charge < -0.3 is 0 Å². The fourth-order valence-corrected chi connectivity index (χ4v) is 1.61. The van der Waals surface area contributed by atoms with Crippen LogP contribution in [0.25, 0.3) is 0 Å². The van der Waals surface area contributed by atoms with Crippen molar-refractivity contribution in [1.29, 1.82) is 0 Å².